The number of benzene rings is 1. The summed E-state index contributed by atoms with van der Waals surface area (Å²) in [6.45, 7) is 3.36. The maximum Gasteiger partial charge on any atom is 0.414 e. The Balaban J connectivity index is 0.000000286. The third-order valence-electron chi connectivity index (χ3n) is 2.59. The molecule has 1 fully saturated rings. The highest BCUT2D eigenvalue weighted by Gasteiger charge is 2.26. The molecule has 0 aromatic heterocycles. The summed E-state index contributed by atoms with van der Waals surface area (Å²) in [7, 11) is 0. The summed E-state index contributed by atoms with van der Waals surface area (Å²) < 4.78 is 5.66. The average molecular weight is 283 g/mol. The summed E-state index contributed by atoms with van der Waals surface area (Å²) in [6.07, 6.45) is -0.507. The highest BCUT2D eigenvalue weighted by molar-refractivity contribution is 6.27. The van der Waals surface area contributed by atoms with E-state index in [0.29, 0.717) is 6.54 Å². The van der Waals surface area contributed by atoms with Crippen molar-refractivity contribution in [3.05, 3.63) is 29.8 Å². The van der Waals surface area contributed by atoms with E-state index in [2.05, 4.69) is 5.32 Å². The molecule has 0 radical (unpaired) electrons. The van der Waals surface area contributed by atoms with Crippen molar-refractivity contribution in [2.75, 3.05) is 13.1 Å². The van der Waals surface area contributed by atoms with Crippen molar-refractivity contribution in [1.29, 1.82) is 0 Å². The largest absolute Gasteiger partial charge is 0.486 e. The van der Waals surface area contributed by atoms with Gasteiger partial charge in [-0.25, -0.2) is 9.59 Å². The van der Waals surface area contributed by atoms with Gasteiger partial charge in [0.25, 0.3) is 0 Å². The Kier molecular flexibility index (Phi) is 5.95. The zero-order chi connectivity index (χ0) is 15.1. The SMILES string of the molecule is Cc1cccc(O[C@@H]2CNC[C@H]2O)c1.O=C(O)C(=O)O. The van der Waals surface area contributed by atoms with Crippen LogP contribution in [0.2, 0.25) is 0 Å². The lowest BCUT2D eigenvalue weighted by atomic mass is 10.2. The van der Waals surface area contributed by atoms with E-state index in [1.54, 1.807) is 0 Å². The first kappa shape index (κ1) is 15.9. The number of aliphatic carboxylic acids is 2. The van der Waals surface area contributed by atoms with Crippen LogP contribution >= 0.6 is 0 Å². The standard InChI is InChI=1S/C11H15NO2.C2H2O4/c1-8-3-2-4-9(5-8)14-11-7-12-6-10(11)13;3-1(4)2(5)6/h2-5,10-13H,6-7H2,1H3;(H,3,4)(H,5,6)/t10-,11-;/m1./s1. The van der Waals surface area contributed by atoms with E-state index in [9.17, 15) is 5.11 Å². The Hall–Kier alpha value is -2.12. The zero-order valence-electron chi connectivity index (χ0n) is 10.9. The Morgan fingerprint density at radius 3 is 2.35 bits per heavy atom. The van der Waals surface area contributed by atoms with Crippen LogP contribution in [0.4, 0.5) is 0 Å². The third kappa shape index (κ3) is 5.25. The quantitative estimate of drug-likeness (QED) is 0.558. The number of rotatable bonds is 2. The highest BCUT2D eigenvalue weighted by Crippen LogP contribution is 2.16. The monoisotopic (exact) mass is 283 g/mol. The van der Waals surface area contributed by atoms with Crippen molar-refractivity contribution in [1.82, 2.24) is 5.32 Å². The van der Waals surface area contributed by atoms with Gasteiger partial charge in [0.15, 0.2) is 0 Å². The van der Waals surface area contributed by atoms with Gasteiger partial charge < -0.3 is 25.4 Å². The number of hydrogen-bond donors (Lipinski definition) is 4. The molecule has 0 saturated carbocycles. The maximum absolute atomic E-state index is 9.53. The fourth-order valence-electron chi connectivity index (χ4n) is 1.62. The minimum Gasteiger partial charge on any atom is -0.486 e. The lowest BCUT2D eigenvalue weighted by molar-refractivity contribution is -0.159. The molecule has 7 nitrogen and oxygen atoms in total. The van der Waals surface area contributed by atoms with Crippen LogP contribution in [0, 0.1) is 6.92 Å². The molecular weight excluding hydrogens is 266 g/mol. The molecule has 2 rings (SSSR count). The van der Waals surface area contributed by atoms with Gasteiger partial charge in [-0.3, -0.25) is 0 Å². The molecule has 2 atom stereocenters. The Morgan fingerprint density at radius 2 is 1.90 bits per heavy atom. The summed E-state index contributed by atoms with van der Waals surface area (Å²) in [6, 6.07) is 7.87. The molecule has 1 aromatic carbocycles. The number of carbonyl (C=O) groups is 2. The normalized spacial score (nSPS) is 20.7. The van der Waals surface area contributed by atoms with Gasteiger partial charge in [-0.15, -0.1) is 0 Å². The van der Waals surface area contributed by atoms with Crippen molar-refractivity contribution in [3.8, 4) is 5.75 Å². The van der Waals surface area contributed by atoms with Gasteiger partial charge in [0.05, 0.1) is 0 Å². The van der Waals surface area contributed by atoms with Crippen molar-refractivity contribution in [3.63, 3.8) is 0 Å². The number of ether oxygens (including phenoxy) is 1. The van der Waals surface area contributed by atoms with Gasteiger partial charge in [0.1, 0.15) is 18.0 Å². The van der Waals surface area contributed by atoms with Crippen molar-refractivity contribution in [2.45, 2.75) is 19.1 Å². The molecular formula is C13H17NO6. The molecule has 0 amide bonds. The molecule has 1 aliphatic rings. The lowest BCUT2D eigenvalue weighted by Crippen LogP contribution is -2.29. The van der Waals surface area contributed by atoms with Gasteiger partial charge in [0, 0.05) is 13.1 Å². The molecule has 4 N–H and O–H groups in total. The van der Waals surface area contributed by atoms with E-state index < -0.39 is 18.0 Å². The molecule has 1 saturated heterocycles. The number of aliphatic hydroxyl groups is 1. The minimum atomic E-state index is -1.82. The van der Waals surface area contributed by atoms with Crippen molar-refractivity contribution < 1.29 is 29.6 Å². The minimum absolute atomic E-state index is 0.114. The predicted octanol–water partition coefficient (Wildman–Crippen LogP) is -0.138. The van der Waals surface area contributed by atoms with E-state index in [1.165, 1.54) is 5.56 Å². The number of aliphatic hydroxyl groups excluding tert-OH is 1. The van der Waals surface area contributed by atoms with Crippen LogP contribution < -0.4 is 10.1 Å². The molecule has 0 aliphatic carbocycles. The fourth-order valence-corrected chi connectivity index (χ4v) is 1.62. The zero-order valence-corrected chi connectivity index (χ0v) is 10.9. The first-order valence-electron chi connectivity index (χ1n) is 5.98. The smallest absolute Gasteiger partial charge is 0.414 e. The first-order chi connectivity index (χ1) is 9.40. The number of carboxylic acid groups (broad SMARTS) is 2. The van der Waals surface area contributed by atoms with Gasteiger partial charge >= 0.3 is 11.9 Å². The van der Waals surface area contributed by atoms with Crippen LogP contribution in [0.3, 0.4) is 0 Å². The second-order valence-electron chi connectivity index (χ2n) is 4.31. The Labute approximate surface area is 115 Å². The van der Waals surface area contributed by atoms with Gasteiger partial charge in [-0.1, -0.05) is 12.1 Å². The molecule has 0 spiro atoms. The molecule has 1 aliphatic heterocycles. The lowest BCUT2D eigenvalue weighted by Gasteiger charge is -2.16. The van der Waals surface area contributed by atoms with E-state index >= 15 is 0 Å². The Morgan fingerprint density at radius 1 is 1.25 bits per heavy atom. The number of carboxylic acids is 2. The summed E-state index contributed by atoms with van der Waals surface area (Å²) in [5.41, 5.74) is 1.17. The van der Waals surface area contributed by atoms with Crippen LogP contribution in [0.5, 0.6) is 5.75 Å². The van der Waals surface area contributed by atoms with Crippen LogP contribution in [0.15, 0.2) is 24.3 Å². The van der Waals surface area contributed by atoms with Gasteiger partial charge in [0.2, 0.25) is 0 Å². The van der Waals surface area contributed by atoms with E-state index in [4.69, 9.17) is 24.5 Å². The van der Waals surface area contributed by atoms with E-state index in [0.717, 1.165) is 12.3 Å². The molecule has 20 heavy (non-hydrogen) atoms. The van der Waals surface area contributed by atoms with Crippen molar-refractivity contribution >= 4 is 11.9 Å². The fraction of sp³-hybridized carbons (Fsp3) is 0.385. The van der Waals surface area contributed by atoms with Crippen LogP contribution in [0.25, 0.3) is 0 Å². The first-order valence-corrected chi connectivity index (χ1v) is 5.98. The second-order valence-corrected chi connectivity index (χ2v) is 4.31. The molecule has 1 heterocycles. The van der Waals surface area contributed by atoms with Gasteiger partial charge in [-0.2, -0.15) is 0 Å². The van der Waals surface area contributed by atoms with Gasteiger partial charge in [-0.05, 0) is 24.6 Å². The predicted molar refractivity (Wildman–Crippen MR) is 69.7 cm³/mol. The molecule has 1 aromatic rings. The van der Waals surface area contributed by atoms with E-state index in [1.807, 2.05) is 31.2 Å². The second kappa shape index (κ2) is 7.46. The summed E-state index contributed by atoms with van der Waals surface area (Å²) in [5, 5.41) is 27.4. The molecule has 110 valence electrons. The molecule has 7 heteroatoms. The summed E-state index contributed by atoms with van der Waals surface area (Å²) in [4.78, 5) is 18.2. The highest BCUT2D eigenvalue weighted by atomic mass is 16.5. The number of aryl methyl sites for hydroxylation is 1. The van der Waals surface area contributed by atoms with Crippen LogP contribution in [0.1, 0.15) is 5.56 Å². The number of β-amino-alcohol motifs (C(OH)–C–C–N with tert-alkyl or cyclic N) is 1. The topological polar surface area (TPSA) is 116 Å². The van der Waals surface area contributed by atoms with Crippen LogP contribution in [-0.4, -0.2) is 52.6 Å². The summed E-state index contributed by atoms with van der Waals surface area (Å²) >= 11 is 0. The summed E-state index contributed by atoms with van der Waals surface area (Å²) in [5.74, 6) is -2.82. The molecule has 0 bridgehead atoms. The molecule has 0 unspecified atom stereocenters. The Bertz CT molecular complexity index is 464. The average Bonchev–Trinajstić information content (AvgIpc) is 2.76. The third-order valence-corrected chi connectivity index (χ3v) is 2.59. The number of nitrogens with one attached hydrogen (secondary N) is 1. The maximum atomic E-state index is 9.53. The van der Waals surface area contributed by atoms with Crippen molar-refractivity contribution in [2.24, 2.45) is 0 Å². The van der Waals surface area contributed by atoms with Crippen LogP contribution in [-0.2, 0) is 9.59 Å². The van der Waals surface area contributed by atoms with E-state index in [-0.39, 0.29) is 6.10 Å². The number of hydrogen-bond acceptors (Lipinski definition) is 5.